The summed E-state index contributed by atoms with van der Waals surface area (Å²) in [6.07, 6.45) is 0.161. The fraction of sp³-hybridized carbons (Fsp3) is 0.130. The molecule has 31 heavy (non-hydrogen) atoms. The number of ether oxygens (including phenoxy) is 1. The lowest BCUT2D eigenvalue weighted by Crippen LogP contribution is -2.46. The van der Waals surface area contributed by atoms with Crippen LogP contribution in [-0.2, 0) is 11.2 Å². The van der Waals surface area contributed by atoms with E-state index in [-0.39, 0.29) is 17.9 Å². The summed E-state index contributed by atoms with van der Waals surface area (Å²) in [6, 6.07) is 16.1. The molecule has 0 aliphatic carbocycles. The van der Waals surface area contributed by atoms with E-state index in [1.165, 1.54) is 31.4 Å². The minimum Gasteiger partial charge on any atom is -0.508 e. The predicted molar refractivity (Wildman–Crippen MR) is 120 cm³/mol. The molecule has 3 aromatic carbocycles. The van der Waals surface area contributed by atoms with Crippen molar-refractivity contribution in [2.45, 2.75) is 12.5 Å². The number of phenols is 1. The zero-order valence-electron chi connectivity index (χ0n) is 16.8. The minimum absolute atomic E-state index is 0.0928. The first kappa shape index (κ1) is 22.2. The SMILES string of the molecule is COc1ccc(F)cc1NC(=O)C(Cc1ccc(O)cc1)NC(=O)c1ccccc1P. The van der Waals surface area contributed by atoms with Gasteiger partial charge in [-0.1, -0.05) is 30.3 Å². The van der Waals surface area contributed by atoms with Crippen LogP contribution in [0.25, 0.3) is 0 Å². The zero-order chi connectivity index (χ0) is 22.4. The van der Waals surface area contributed by atoms with Gasteiger partial charge in [-0.2, -0.15) is 0 Å². The van der Waals surface area contributed by atoms with Crippen LogP contribution in [0.1, 0.15) is 15.9 Å². The number of nitrogens with one attached hydrogen (secondary N) is 2. The van der Waals surface area contributed by atoms with E-state index < -0.39 is 23.7 Å². The van der Waals surface area contributed by atoms with Crippen molar-refractivity contribution in [1.29, 1.82) is 0 Å². The molecule has 160 valence electrons. The number of anilines is 1. The van der Waals surface area contributed by atoms with E-state index in [2.05, 4.69) is 19.9 Å². The summed E-state index contributed by atoms with van der Waals surface area (Å²) in [5.74, 6) is -1.11. The van der Waals surface area contributed by atoms with Crippen LogP contribution < -0.4 is 20.7 Å². The standard InChI is InChI=1S/C23H22FN2O4P/c1-30-20-11-8-15(24)13-18(20)25-23(29)19(12-14-6-9-16(27)10-7-14)26-22(28)17-4-2-3-5-21(17)31/h2-11,13,19,27H,12,31H2,1H3,(H,25,29)(H,26,28). The molecule has 3 aromatic rings. The Hall–Kier alpha value is -3.44. The van der Waals surface area contributed by atoms with E-state index in [9.17, 15) is 19.1 Å². The lowest BCUT2D eigenvalue weighted by atomic mass is 10.0. The number of methoxy groups -OCH3 is 1. The number of benzene rings is 3. The summed E-state index contributed by atoms with van der Waals surface area (Å²) in [6.45, 7) is 0. The molecule has 0 saturated heterocycles. The average molecular weight is 440 g/mol. The summed E-state index contributed by atoms with van der Waals surface area (Å²) < 4.78 is 18.9. The largest absolute Gasteiger partial charge is 0.508 e. The molecule has 0 aromatic heterocycles. The van der Waals surface area contributed by atoms with Crippen LogP contribution in [0, 0.1) is 5.82 Å². The Kier molecular flexibility index (Phi) is 7.21. The number of carbonyl (C=O) groups excluding carboxylic acids is 2. The molecule has 2 unspecified atom stereocenters. The molecular formula is C23H22FN2O4P. The van der Waals surface area contributed by atoms with E-state index in [0.29, 0.717) is 16.6 Å². The molecule has 2 atom stereocenters. The quantitative estimate of drug-likeness (QED) is 0.493. The highest BCUT2D eigenvalue weighted by atomic mass is 31.0. The number of hydrogen-bond acceptors (Lipinski definition) is 4. The Morgan fingerprint density at radius 3 is 2.48 bits per heavy atom. The second-order valence-electron chi connectivity index (χ2n) is 6.82. The summed E-state index contributed by atoms with van der Waals surface area (Å²) >= 11 is 0. The van der Waals surface area contributed by atoms with Crippen molar-refractivity contribution >= 4 is 32.0 Å². The third-order valence-corrected chi connectivity index (χ3v) is 5.13. The van der Waals surface area contributed by atoms with Gasteiger partial charge >= 0.3 is 0 Å². The van der Waals surface area contributed by atoms with Gasteiger partial charge < -0.3 is 20.5 Å². The van der Waals surface area contributed by atoms with Gasteiger partial charge in [0.1, 0.15) is 23.4 Å². The van der Waals surface area contributed by atoms with Crippen LogP contribution in [-0.4, -0.2) is 30.1 Å². The molecule has 0 bridgehead atoms. The van der Waals surface area contributed by atoms with Gasteiger partial charge in [0.25, 0.3) is 5.91 Å². The maximum atomic E-state index is 13.7. The summed E-state index contributed by atoms with van der Waals surface area (Å²) in [5, 5.41) is 15.6. The van der Waals surface area contributed by atoms with Crippen molar-refractivity contribution in [3.05, 3.63) is 83.7 Å². The monoisotopic (exact) mass is 440 g/mol. The molecular weight excluding hydrogens is 418 g/mol. The fourth-order valence-electron chi connectivity index (χ4n) is 3.01. The number of halogens is 1. The third kappa shape index (κ3) is 5.80. The molecule has 0 fully saturated rings. The van der Waals surface area contributed by atoms with E-state index in [4.69, 9.17) is 4.74 Å². The first-order valence-electron chi connectivity index (χ1n) is 9.45. The molecule has 2 amide bonds. The maximum absolute atomic E-state index is 13.7. The number of carbonyl (C=O) groups is 2. The lowest BCUT2D eigenvalue weighted by molar-refractivity contribution is -0.118. The number of amides is 2. The van der Waals surface area contributed by atoms with Gasteiger partial charge in [0.2, 0.25) is 5.91 Å². The Morgan fingerprint density at radius 1 is 1.10 bits per heavy atom. The smallest absolute Gasteiger partial charge is 0.252 e. The molecule has 0 spiro atoms. The van der Waals surface area contributed by atoms with Crippen molar-refractivity contribution < 1.29 is 23.8 Å². The number of rotatable bonds is 7. The van der Waals surface area contributed by atoms with Crippen LogP contribution in [0.5, 0.6) is 11.5 Å². The topological polar surface area (TPSA) is 87.7 Å². The molecule has 0 radical (unpaired) electrons. The van der Waals surface area contributed by atoms with Gasteiger partial charge in [-0.3, -0.25) is 9.59 Å². The second-order valence-corrected chi connectivity index (χ2v) is 7.44. The fourth-order valence-corrected chi connectivity index (χ4v) is 3.35. The molecule has 0 aliphatic rings. The highest BCUT2D eigenvalue weighted by Gasteiger charge is 2.24. The highest BCUT2D eigenvalue weighted by Crippen LogP contribution is 2.25. The zero-order valence-corrected chi connectivity index (χ0v) is 17.9. The molecule has 0 heterocycles. The van der Waals surface area contributed by atoms with Crippen LogP contribution in [0.2, 0.25) is 0 Å². The van der Waals surface area contributed by atoms with Gasteiger partial charge in [0.15, 0.2) is 0 Å². The number of aromatic hydroxyl groups is 1. The predicted octanol–water partition coefficient (Wildman–Crippen LogP) is 3.02. The maximum Gasteiger partial charge on any atom is 0.252 e. The van der Waals surface area contributed by atoms with E-state index in [1.807, 2.05) is 0 Å². The average Bonchev–Trinajstić information content (AvgIpc) is 2.75. The summed E-state index contributed by atoms with van der Waals surface area (Å²) in [4.78, 5) is 25.9. The minimum atomic E-state index is -0.963. The highest BCUT2D eigenvalue weighted by molar-refractivity contribution is 7.27. The first-order valence-corrected chi connectivity index (χ1v) is 10.0. The Morgan fingerprint density at radius 2 is 1.81 bits per heavy atom. The van der Waals surface area contributed by atoms with Crippen LogP contribution in [0.3, 0.4) is 0 Å². The molecule has 0 aliphatic heterocycles. The van der Waals surface area contributed by atoms with E-state index in [0.717, 1.165) is 11.6 Å². The lowest BCUT2D eigenvalue weighted by Gasteiger charge is -2.20. The Bertz CT molecular complexity index is 1090. The summed E-state index contributed by atoms with van der Waals surface area (Å²) in [7, 11) is 3.90. The molecule has 0 saturated carbocycles. The van der Waals surface area contributed by atoms with Crippen molar-refractivity contribution in [2.24, 2.45) is 0 Å². The summed E-state index contributed by atoms with van der Waals surface area (Å²) in [5.41, 5.74) is 1.30. The van der Waals surface area contributed by atoms with Crippen LogP contribution in [0.15, 0.2) is 66.7 Å². The van der Waals surface area contributed by atoms with Gasteiger partial charge in [-0.15, -0.1) is 9.24 Å². The normalized spacial score (nSPS) is 11.5. The van der Waals surface area contributed by atoms with Crippen LogP contribution >= 0.6 is 9.24 Å². The molecule has 8 heteroatoms. The Balaban J connectivity index is 1.86. The first-order chi connectivity index (χ1) is 14.9. The van der Waals surface area contributed by atoms with Gasteiger partial charge in [0.05, 0.1) is 12.8 Å². The van der Waals surface area contributed by atoms with Crippen molar-refractivity contribution in [3.8, 4) is 11.5 Å². The number of hydrogen-bond donors (Lipinski definition) is 3. The van der Waals surface area contributed by atoms with Gasteiger partial charge in [0, 0.05) is 18.1 Å². The van der Waals surface area contributed by atoms with Gasteiger partial charge in [-0.25, -0.2) is 4.39 Å². The molecule has 3 rings (SSSR count). The van der Waals surface area contributed by atoms with Gasteiger partial charge in [-0.05, 0) is 41.2 Å². The van der Waals surface area contributed by atoms with Crippen molar-refractivity contribution in [2.75, 3.05) is 12.4 Å². The van der Waals surface area contributed by atoms with Crippen LogP contribution in [0.4, 0.5) is 10.1 Å². The van der Waals surface area contributed by atoms with Crippen molar-refractivity contribution in [3.63, 3.8) is 0 Å². The molecule has 6 nitrogen and oxygen atoms in total. The van der Waals surface area contributed by atoms with Crippen molar-refractivity contribution in [1.82, 2.24) is 5.32 Å². The number of phenolic OH excluding ortho intramolecular Hbond substituents is 1. The Labute approximate surface area is 181 Å². The second kappa shape index (κ2) is 10.0. The third-order valence-electron chi connectivity index (χ3n) is 4.62. The van der Waals surface area contributed by atoms with E-state index in [1.54, 1.807) is 36.4 Å². The molecule has 3 N–H and O–H groups in total. The van der Waals surface area contributed by atoms with E-state index >= 15 is 0 Å².